The maximum atomic E-state index is 12.0. The third-order valence-corrected chi connectivity index (χ3v) is 4.17. The van der Waals surface area contributed by atoms with Crippen molar-refractivity contribution in [3.63, 3.8) is 0 Å². The molecule has 4 nitrogen and oxygen atoms in total. The van der Waals surface area contributed by atoms with E-state index >= 15 is 0 Å². The van der Waals surface area contributed by atoms with E-state index in [2.05, 4.69) is 31.1 Å². The fourth-order valence-corrected chi connectivity index (χ4v) is 2.89. The Hall–Kier alpha value is -0.650. The molecule has 0 spiro atoms. The molecule has 0 unspecified atom stereocenters. The summed E-state index contributed by atoms with van der Waals surface area (Å²) in [5, 5.41) is 3.13. The van der Waals surface area contributed by atoms with Crippen LogP contribution in [-0.2, 0) is 0 Å². The lowest BCUT2D eigenvalue weighted by Crippen LogP contribution is -2.33. The Bertz CT molecular complexity index is 464. The maximum absolute atomic E-state index is 12.0. The molecule has 1 amide bonds. The van der Waals surface area contributed by atoms with Gasteiger partial charge in [-0.05, 0) is 60.9 Å². The Morgan fingerprint density at radius 3 is 2.90 bits per heavy atom. The molecule has 0 bridgehead atoms. The normalized spacial score (nSPS) is 16.1. The van der Waals surface area contributed by atoms with Crippen molar-refractivity contribution in [3.05, 3.63) is 27.5 Å². The van der Waals surface area contributed by atoms with E-state index in [9.17, 15) is 4.79 Å². The van der Waals surface area contributed by atoms with Gasteiger partial charge in [-0.25, -0.2) is 4.98 Å². The number of carbonyl (C=O) groups is 1. The Labute approximate surface area is 133 Å². The van der Waals surface area contributed by atoms with Crippen LogP contribution in [0.4, 0.5) is 0 Å². The molecular weight excluding hydrogens is 342 g/mol. The van der Waals surface area contributed by atoms with E-state index < -0.39 is 0 Å². The van der Waals surface area contributed by atoms with Crippen LogP contribution in [0.15, 0.2) is 16.7 Å². The zero-order valence-corrected chi connectivity index (χ0v) is 13.7. The topological polar surface area (TPSA) is 45.2 Å². The molecule has 1 aliphatic rings. The first-order valence-electron chi connectivity index (χ1n) is 6.98. The summed E-state index contributed by atoms with van der Waals surface area (Å²) in [5.41, 5.74) is 0.416. The first-order valence-corrected chi connectivity index (χ1v) is 8.15. The van der Waals surface area contributed by atoms with Gasteiger partial charge in [0, 0.05) is 17.2 Å². The number of likely N-dealkylation sites (tertiary alicyclic amines) is 1. The Morgan fingerprint density at radius 2 is 2.15 bits per heavy atom. The van der Waals surface area contributed by atoms with Crippen LogP contribution in [0, 0.1) is 0 Å². The van der Waals surface area contributed by atoms with E-state index in [-0.39, 0.29) is 11.1 Å². The molecule has 1 aliphatic heterocycles. The number of nitrogens with one attached hydrogen (secondary N) is 1. The van der Waals surface area contributed by atoms with E-state index in [1.807, 2.05) is 0 Å². The first-order chi connectivity index (χ1) is 9.66. The lowest BCUT2D eigenvalue weighted by Gasteiger charge is -2.26. The van der Waals surface area contributed by atoms with Gasteiger partial charge in [0.1, 0.15) is 5.15 Å². The summed E-state index contributed by atoms with van der Waals surface area (Å²) in [7, 11) is 0. The predicted molar refractivity (Wildman–Crippen MR) is 84.2 cm³/mol. The second kappa shape index (κ2) is 7.96. The van der Waals surface area contributed by atoms with Crippen LogP contribution >= 0.6 is 27.5 Å². The van der Waals surface area contributed by atoms with Crippen LogP contribution in [0.3, 0.4) is 0 Å². The molecule has 1 N–H and O–H groups in total. The van der Waals surface area contributed by atoms with E-state index in [4.69, 9.17) is 11.6 Å². The molecule has 0 saturated carbocycles. The SMILES string of the molecule is O=C(NCCCN1CCCCC1)c1cc(Br)cnc1Cl. The third kappa shape index (κ3) is 4.72. The molecule has 110 valence electrons. The molecule has 2 heterocycles. The van der Waals surface area contributed by atoms with Crippen LogP contribution < -0.4 is 5.32 Å². The number of rotatable bonds is 5. The number of amides is 1. The summed E-state index contributed by atoms with van der Waals surface area (Å²) in [5.74, 6) is -0.164. The van der Waals surface area contributed by atoms with Crippen molar-refractivity contribution < 1.29 is 4.79 Å². The zero-order valence-electron chi connectivity index (χ0n) is 11.4. The van der Waals surface area contributed by atoms with Crippen LogP contribution in [0.25, 0.3) is 0 Å². The second-order valence-electron chi connectivity index (χ2n) is 5.00. The van der Waals surface area contributed by atoms with E-state index in [0.29, 0.717) is 12.1 Å². The van der Waals surface area contributed by atoms with Gasteiger partial charge in [-0.1, -0.05) is 18.0 Å². The summed E-state index contributed by atoms with van der Waals surface area (Å²) < 4.78 is 0.750. The van der Waals surface area contributed by atoms with Gasteiger partial charge in [0.05, 0.1) is 5.56 Å². The molecule has 0 radical (unpaired) electrons. The molecule has 1 aromatic rings. The minimum absolute atomic E-state index is 0.164. The molecule has 6 heteroatoms. The Kier molecular flexibility index (Phi) is 6.26. The number of piperidine rings is 1. The van der Waals surface area contributed by atoms with E-state index in [1.165, 1.54) is 32.4 Å². The van der Waals surface area contributed by atoms with Gasteiger partial charge in [0.25, 0.3) is 5.91 Å². The van der Waals surface area contributed by atoms with Crippen LogP contribution in [0.1, 0.15) is 36.0 Å². The lowest BCUT2D eigenvalue weighted by molar-refractivity contribution is 0.0951. The fraction of sp³-hybridized carbons (Fsp3) is 0.571. The van der Waals surface area contributed by atoms with E-state index in [1.54, 1.807) is 12.3 Å². The summed E-state index contributed by atoms with van der Waals surface area (Å²) in [6.07, 6.45) is 6.49. The molecule has 1 saturated heterocycles. The second-order valence-corrected chi connectivity index (χ2v) is 6.28. The van der Waals surface area contributed by atoms with Gasteiger partial charge >= 0.3 is 0 Å². The van der Waals surface area contributed by atoms with E-state index in [0.717, 1.165) is 17.4 Å². The van der Waals surface area contributed by atoms with Gasteiger partial charge in [-0.2, -0.15) is 0 Å². The highest BCUT2D eigenvalue weighted by Gasteiger charge is 2.12. The average Bonchev–Trinajstić information content (AvgIpc) is 2.47. The number of halogens is 2. The summed E-state index contributed by atoms with van der Waals surface area (Å²) >= 11 is 9.22. The maximum Gasteiger partial charge on any atom is 0.254 e. The monoisotopic (exact) mass is 359 g/mol. The Morgan fingerprint density at radius 1 is 1.40 bits per heavy atom. The Balaban J connectivity index is 1.73. The number of pyridine rings is 1. The molecule has 0 aliphatic carbocycles. The molecule has 20 heavy (non-hydrogen) atoms. The minimum atomic E-state index is -0.164. The summed E-state index contributed by atoms with van der Waals surface area (Å²) in [6, 6.07) is 1.69. The smallest absolute Gasteiger partial charge is 0.254 e. The van der Waals surface area contributed by atoms with Crippen molar-refractivity contribution in [2.75, 3.05) is 26.2 Å². The summed E-state index contributed by atoms with van der Waals surface area (Å²) in [6.45, 7) is 4.09. The van der Waals surface area contributed by atoms with Crippen LogP contribution in [-0.4, -0.2) is 42.0 Å². The number of carbonyl (C=O) groups excluding carboxylic acids is 1. The number of hydrogen-bond acceptors (Lipinski definition) is 3. The number of nitrogens with zero attached hydrogens (tertiary/aromatic N) is 2. The van der Waals surface area contributed by atoms with Crippen molar-refractivity contribution in [2.24, 2.45) is 0 Å². The predicted octanol–water partition coefficient (Wildman–Crippen LogP) is 3.10. The molecule has 0 atom stereocenters. The molecule has 2 rings (SSSR count). The summed E-state index contributed by atoms with van der Waals surface area (Å²) in [4.78, 5) is 18.4. The quantitative estimate of drug-likeness (QED) is 0.648. The van der Waals surface area contributed by atoms with Crippen molar-refractivity contribution in [1.29, 1.82) is 0 Å². The molecule has 1 fully saturated rings. The van der Waals surface area contributed by atoms with Crippen LogP contribution in [0.5, 0.6) is 0 Å². The minimum Gasteiger partial charge on any atom is -0.352 e. The van der Waals surface area contributed by atoms with Crippen molar-refractivity contribution in [1.82, 2.24) is 15.2 Å². The van der Waals surface area contributed by atoms with Crippen LogP contribution in [0.2, 0.25) is 5.15 Å². The molecule has 0 aromatic carbocycles. The largest absolute Gasteiger partial charge is 0.352 e. The van der Waals surface area contributed by atoms with Gasteiger partial charge in [0.15, 0.2) is 0 Å². The van der Waals surface area contributed by atoms with Crippen molar-refractivity contribution >= 4 is 33.4 Å². The van der Waals surface area contributed by atoms with Crippen molar-refractivity contribution in [3.8, 4) is 0 Å². The highest BCUT2D eigenvalue weighted by Crippen LogP contribution is 2.17. The molecular formula is C14H19BrClN3O. The number of hydrogen-bond donors (Lipinski definition) is 1. The average molecular weight is 361 g/mol. The number of aromatic nitrogens is 1. The zero-order chi connectivity index (χ0) is 14.4. The first kappa shape index (κ1) is 15.7. The fourth-order valence-electron chi connectivity index (χ4n) is 2.36. The van der Waals surface area contributed by atoms with Gasteiger partial charge < -0.3 is 10.2 Å². The van der Waals surface area contributed by atoms with Gasteiger partial charge in [-0.15, -0.1) is 0 Å². The lowest BCUT2D eigenvalue weighted by atomic mass is 10.1. The molecule has 1 aromatic heterocycles. The van der Waals surface area contributed by atoms with Crippen molar-refractivity contribution in [2.45, 2.75) is 25.7 Å². The van der Waals surface area contributed by atoms with Gasteiger partial charge in [0.2, 0.25) is 0 Å². The highest BCUT2D eigenvalue weighted by atomic mass is 79.9. The van der Waals surface area contributed by atoms with Gasteiger partial charge in [-0.3, -0.25) is 4.79 Å². The highest BCUT2D eigenvalue weighted by molar-refractivity contribution is 9.10. The third-order valence-electron chi connectivity index (χ3n) is 3.44. The standard InChI is InChI=1S/C14H19BrClN3O/c15-11-9-12(13(16)18-10-11)14(20)17-5-4-8-19-6-2-1-3-7-19/h9-10H,1-8H2,(H,17,20).